The van der Waals surface area contributed by atoms with Crippen LogP contribution >= 0.6 is 0 Å². The van der Waals surface area contributed by atoms with E-state index in [0.717, 1.165) is 32.1 Å². The van der Waals surface area contributed by atoms with Gasteiger partial charge in [0.2, 0.25) is 10.0 Å². The number of nitrogens with one attached hydrogen (secondary N) is 3. The highest BCUT2D eigenvalue weighted by Gasteiger charge is 2.28. The molecule has 1 aliphatic carbocycles. The van der Waals surface area contributed by atoms with Crippen LogP contribution in [-0.4, -0.2) is 30.7 Å². The first kappa shape index (κ1) is 16.5. The summed E-state index contributed by atoms with van der Waals surface area (Å²) < 4.78 is 28.1. The van der Waals surface area contributed by atoms with E-state index in [9.17, 15) is 8.42 Å². The van der Waals surface area contributed by atoms with Crippen LogP contribution in [0.15, 0.2) is 4.90 Å². The van der Waals surface area contributed by atoms with E-state index in [0.29, 0.717) is 28.9 Å². The van der Waals surface area contributed by atoms with Gasteiger partial charge in [0, 0.05) is 18.6 Å². The second-order valence-electron chi connectivity index (χ2n) is 5.79. The quantitative estimate of drug-likeness (QED) is 0.649. The summed E-state index contributed by atoms with van der Waals surface area (Å²) >= 11 is 0. The zero-order valence-electron chi connectivity index (χ0n) is 13.1. The van der Waals surface area contributed by atoms with E-state index in [1.807, 2.05) is 6.92 Å². The first-order valence-electron chi connectivity index (χ1n) is 7.77. The molecule has 1 aliphatic rings. The number of aromatic amines is 1. The third kappa shape index (κ3) is 4.28. The Morgan fingerprint density at radius 2 is 2.10 bits per heavy atom. The molecule has 0 spiro atoms. The number of nitrogens with zero attached hydrogens (tertiary/aromatic N) is 1. The van der Waals surface area contributed by atoms with E-state index in [-0.39, 0.29) is 6.04 Å². The van der Waals surface area contributed by atoms with Gasteiger partial charge < -0.3 is 5.32 Å². The Bertz CT molecular complexity index is 564. The molecule has 21 heavy (non-hydrogen) atoms. The Hall–Kier alpha value is -0.920. The molecule has 1 fully saturated rings. The van der Waals surface area contributed by atoms with Crippen LogP contribution in [-0.2, 0) is 16.6 Å². The van der Waals surface area contributed by atoms with Gasteiger partial charge in [-0.15, -0.1) is 0 Å². The fourth-order valence-electron chi connectivity index (χ4n) is 2.45. The summed E-state index contributed by atoms with van der Waals surface area (Å²) in [4.78, 5) is 0.310. The summed E-state index contributed by atoms with van der Waals surface area (Å²) in [6, 6.07) is 0.507. The smallest absolute Gasteiger partial charge is 0.244 e. The van der Waals surface area contributed by atoms with Gasteiger partial charge in [-0.05, 0) is 32.6 Å². The number of rotatable bonds is 9. The Balaban J connectivity index is 2.15. The fraction of sp³-hybridized carbons (Fsp3) is 0.786. The molecular weight excluding hydrogens is 288 g/mol. The van der Waals surface area contributed by atoms with Crippen LogP contribution in [0.3, 0.4) is 0 Å². The number of hydrogen-bond donors (Lipinski definition) is 3. The van der Waals surface area contributed by atoms with Gasteiger partial charge >= 0.3 is 0 Å². The SMILES string of the molecule is CCCC(CC)NS(=O)(=O)c1c(CNC2CC2)n[nH]c1C. The average Bonchev–Trinajstić information content (AvgIpc) is 3.18. The van der Waals surface area contributed by atoms with Crippen molar-refractivity contribution >= 4 is 10.0 Å². The molecule has 6 nitrogen and oxygen atoms in total. The lowest BCUT2D eigenvalue weighted by molar-refractivity contribution is 0.511. The molecule has 0 radical (unpaired) electrons. The minimum Gasteiger partial charge on any atom is -0.308 e. The highest BCUT2D eigenvalue weighted by Crippen LogP contribution is 2.22. The van der Waals surface area contributed by atoms with Crippen molar-refractivity contribution in [1.82, 2.24) is 20.2 Å². The molecule has 3 N–H and O–H groups in total. The zero-order chi connectivity index (χ0) is 15.5. The molecule has 1 aromatic heterocycles. The van der Waals surface area contributed by atoms with E-state index in [4.69, 9.17) is 0 Å². The Morgan fingerprint density at radius 3 is 2.67 bits per heavy atom. The number of H-pyrrole nitrogens is 1. The molecule has 0 aromatic carbocycles. The van der Waals surface area contributed by atoms with E-state index < -0.39 is 10.0 Å². The Morgan fingerprint density at radius 1 is 1.38 bits per heavy atom. The number of aromatic nitrogens is 2. The first-order valence-corrected chi connectivity index (χ1v) is 9.25. The van der Waals surface area contributed by atoms with E-state index in [1.165, 1.54) is 0 Å². The normalized spacial score (nSPS) is 17.1. The Kier molecular flexibility index (Phi) is 5.40. The molecule has 1 atom stereocenters. The van der Waals surface area contributed by atoms with Gasteiger partial charge in [0.25, 0.3) is 0 Å². The topological polar surface area (TPSA) is 86.9 Å². The lowest BCUT2D eigenvalue weighted by Crippen LogP contribution is -2.35. The molecular formula is C14H26N4O2S. The van der Waals surface area contributed by atoms with Crippen molar-refractivity contribution in [2.24, 2.45) is 0 Å². The molecule has 1 unspecified atom stereocenters. The molecule has 1 heterocycles. The van der Waals surface area contributed by atoms with Crippen molar-refractivity contribution in [1.29, 1.82) is 0 Å². The molecule has 7 heteroatoms. The molecule has 0 aliphatic heterocycles. The summed E-state index contributed by atoms with van der Waals surface area (Å²) in [6.07, 6.45) is 4.93. The van der Waals surface area contributed by atoms with Gasteiger partial charge in [0.05, 0.1) is 11.4 Å². The maximum atomic E-state index is 12.6. The fourth-order valence-corrected chi connectivity index (χ4v) is 4.17. The van der Waals surface area contributed by atoms with Crippen molar-refractivity contribution in [2.45, 2.75) is 76.4 Å². The van der Waals surface area contributed by atoms with Gasteiger partial charge in [0.15, 0.2) is 0 Å². The molecule has 0 amide bonds. The summed E-state index contributed by atoms with van der Waals surface area (Å²) in [5, 5.41) is 10.3. The third-order valence-corrected chi connectivity index (χ3v) is 5.54. The third-order valence-electron chi connectivity index (χ3n) is 3.82. The number of hydrogen-bond acceptors (Lipinski definition) is 4. The maximum Gasteiger partial charge on any atom is 0.244 e. The summed E-state index contributed by atoms with van der Waals surface area (Å²) in [5.41, 5.74) is 1.18. The van der Waals surface area contributed by atoms with Crippen LogP contribution in [0.1, 0.15) is 57.3 Å². The highest BCUT2D eigenvalue weighted by molar-refractivity contribution is 7.89. The summed E-state index contributed by atoms with van der Waals surface area (Å²) in [5.74, 6) is 0. The van der Waals surface area contributed by atoms with Crippen LogP contribution in [0.4, 0.5) is 0 Å². The van der Waals surface area contributed by atoms with Gasteiger partial charge in [-0.1, -0.05) is 20.3 Å². The minimum absolute atomic E-state index is 0.0152. The molecule has 0 saturated heterocycles. The van der Waals surface area contributed by atoms with E-state index in [2.05, 4.69) is 27.2 Å². The van der Waals surface area contributed by atoms with Gasteiger partial charge in [-0.3, -0.25) is 5.10 Å². The standard InChI is InChI=1S/C14H26N4O2S/c1-4-6-11(5-2)18-21(19,20)14-10(3)16-17-13(14)9-15-12-7-8-12/h11-12,15,18H,4-9H2,1-3H3,(H,16,17). The molecule has 0 bridgehead atoms. The maximum absolute atomic E-state index is 12.6. The van der Waals surface area contributed by atoms with Crippen molar-refractivity contribution < 1.29 is 8.42 Å². The van der Waals surface area contributed by atoms with Gasteiger partial charge in [-0.2, -0.15) is 5.10 Å². The minimum atomic E-state index is -3.52. The number of aryl methyl sites for hydroxylation is 1. The molecule has 2 rings (SSSR count). The molecule has 1 saturated carbocycles. The predicted molar refractivity (Wildman–Crippen MR) is 82.5 cm³/mol. The second kappa shape index (κ2) is 6.89. The van der Waals surface area contributed by atoms with Crippen molar-refractivity contribution in [2.75, 3.05) is 0 Å². The van der Waals surface area contributed by atoms with Crippen LogP contribution in [0, 0.1) is 6.92 Å². The average molecular weight is 314 g/mol. The van der Waals surface area contributed by atoms with E-state index in [1.54, 1.807) is 6.92 Å². The van der Waals surface area contributed by atoms with Gasteiger partial charge in [-0.25, -0.2) is 13.1 Å². The predicted octanol–water partition coefficient (Wildman–Crippen LogP) is 1.83. The zero-order valence-corrected chi connectivity index (χ0v) is 13.9. The van der Waals surface area contributed by atoms with Crippen molar-refractivity contribution in [3.05, 3.63) is 11.4 Å². The first-order chi connectivity index (χ1) is 9.97. The second-order valence-corrected chi connectivity index (χ2v) is 7.45. The summed E-state index contributed by atoms with van der Waals surface area (Å²) in [7, 11) is -3.52. The monoisotopic (exact) mass is 314 g/mol. The summed E-state index contributed by atoms with van der Waals surface area (Å²) in [6.45, 7) is 6.31. The molecule has 120 valence electrons. The lowest BCUT2D eigenvalue weighted by atomic mass is 10.1. The van der Waals surface area contributed by atoms with Crippen molar-refractivity contribution in [3.63, 3.8) is 0 Å². The lowest BCUT2D eigenvalue weighted by Gasteiger charge is -2.16. The van der Waals surface area contributed by atoms with Crippen LogP contribution in [0.2, 0.25) is 0 Å². The van der Waals surface area contributed by atoms with Crippen LogP contribution < -0.4 is 10.0 Å². The highest BCUT2D eigenvalue weighted by atomic mass is 32.2. The van der Waals surface area contributed by atoms with Crippen LogP contribution in [0.25, 0.3) is 0 Å². The number of sulfonamides is 1. The van der Waals surface area contributed by atoms with E-state index >= 15 is 0 Å². The Labute approximate surface area is 127 Å². The largest absolute Gasteiger partial charge is 0.308 e. The molecule has 1 aromatic rings. The van der Waals surface area contributed by atoms with Gasteiger partial charge in [0.1, 0.15) is 4.90 Å². The van der Waals surface area contributed by atoms with Crippen molar-refractivity contribution in [3.8, 4) is 0 Å². The van der Waals surface area contributed by atoms with Crippen LogP contribution in [0.5, 0.6) is 0 Å².